The van der Waals surface area contributed by atoms with E-state index in [2.05, 4.69) is 0 Å². The standard InChI is InChI=1S/C10H17F5O3S/c11-9(12,13)7-5-3-1-2-4-6-8-10(14,15)19(16,17)18/h1-8H2,(H,16,17,18). The molecule has 9 heteroatoms. The molecule has 0 fully saturated rings. The lowest BCUT2D eigenvalue weighted by Crippen LogP contribution is -2.27. The topological polar surface area (TPSA) is 54.4 Å². The summed E-state index contributed by atoms with van der Waals surface area (Å²) in [5.41, 5.74) is 0. The van der Waals surface area contributed by atoms with Gasteiger partial charge in [0.1, 0.15) is 0 Å². The molecule has 0 aliphatic rings. The van der Waals surface area contributed by atoms with Gasteiger partial charge in [0, 0.05) is 12.8 Å². The zero-order chi connectivity index (χ0) is 15.2. The third-order valence-electron chi connectivity index (χ3n) is 2.56. The molecule has 0 spiro atoms. The molecule has 0 amide bonds. The number of unbranched alkanes of at least 4 members (excludes halogenated alkanes) is 5. The number of hydrogen-bond donors (Lipinski definition) is 1. The summed E-state index contributed by atoms with van der Waals surface area (Å²) >= 11 is 0. The van der Waals surface area contributed by atoms with Crippen molar-refractivity contribution in [3.05, 3.63) is 0 Å². The molecule has 19 heavy (non-hydrogen) atoms. The zero-order valence-electron chi connectivity index (χ0n) is 10.2. The van der Waals surface area contributed by atoms with E-state index >= 15 is 0 Å². The average Bonchev–Trinajstić information content (AvgIpc) is 2.18. The summed E-state index contributed by atoms with van der Waals surface area (Å²) in [4.78, 5) is 0. The van der Waals surface area contributed by atoms with Crippen LogP contribution in [0.3, 0.4) is 0 Å². The Labute approximate surface area is 108 Å². The summed E-state index contributed by atoms with van der Waals surface area (Å²) in [6.07, 6.45) is -4.52. The Hall–Kier alpha value is -0.440. The minimum absolute atomic E-state index is 0.00464. The van der Waals surface area contributed by atoms with E-state index in [-0.39, 0.29) is 19.3 Å². The van der Waals surface area contributed by atoms with Crippen molar-refractivity contribution in [3.8, 4) is 0 Å². The maximum Gasteiger partial charge on any atom is 0.389 e. The molecule has 0 saturated carbocycles. The van der Waals surface area contributed by atoms with Gasteiger partial charge in [0.2, 0.25) is 0 Å². The monoisotopic (exact) mass is 312 g/mol. The van der Waals surface area contributed by atoms with Gasteiger partial charge >= 0.3 is 21.5 Å². The Morgan fingerprint density at radius 1 is 0.737 bits per heavy atom. The van der Waals surface area contributed by atoms with Gasteiger partial charge in [-0.15, -0.1) is 0 Å². The van der Waals surface area contributed by atoms with Crippen LogP contribution in [0.5, 0.6) is 0 Å². The molecule has 0 rings (SSSR count). The van der Waals surface area contributed by atoms with E-state index in [4.69, 9.17) is 4.55 Å². The second-order valence-corrected chi connectivity index (χ2v) is 5.90. The molecular weight excluding hydrogens is 295 g/mol. The quantitative estimate of drug-likeness (QED) is 0.395. The van der Waals surface area contributed by atoms with Crippen molar-refractivity contribution in [3.63, 3.8) is 0 Å². The Bertz CT molecular complexity index is 351. The minimum atomic E-state index is -5.38. The first kappa shape index (κ1) is 18.6. The van der Waals surface area contributed by atoms with E-state index in [1.165, 1.54) is 0 Å². The lowest BCUT2D eigenvalue weighted by molar-refractivity contribution is -0.135. The van der Waals surface area contributed by atoms with Gasteiger partial charge in [-0.1, -0.05) is 25.7 Å². The average molecular weight is 312 g/mol. The molecule has 0 unspecified atom stereocenters. The van der Waals surface area contributed by atoms with Gasteiger partial charge in [-0.05, 0) is 12.8 Å². The third-order valence-corrected chi connectivity index (χ3v) is 3.51. The van der Waals surface area contributed by atoms with Gasteiger partial charge < -0.3 is 0 Å². The lowest BCUT2D eigenvalue weighted by Gasteiger charge is -2.12. The van der Waals surface area contributed by atoms with Crippen molar-refractivity contribution in [2.45, 2.75) is 62.8 Å². The highest BCUT2D eigenvalue weighted by Crippen LogP contribution is 2.27. The summed E-state index contributed by atoms with van der Waals surface area (Å²) < 4.78 is 89.5. The predicted octanol–water partition coefficient (Wildman–Crippen LogP) is 4.15. The van der Waals surface area contributed by atoms with E-state index in [0.29, 0.717) is 19.3 Å². The molecule has 116 valence electrons. The van der Waals surface area contributed by atoms with Crippen LogP contribution in [0.15, 0.2) is 0 Å². The molecule has 0 atom stereocenters. The van der Waals surface area contributed by atoms with Gasteiger partial charge in [-0.25, -0.2) is 0 Å². The molecule has 1 N–H and O–H groups in total. The Morgan fingerprint density at radius 2 is 1.11 bits per heavy atom. The largest absolute Gasteiger partial charge is 0.389 e. The zero-order valence-corrected chi connectivity index (χ0v) is 11.0. The Morgan fingerprint density at radius 3 is 1.47 bits per heavy atom. The van der Waals surface area contributed by atoms with Crippen LogP contribution in [-0.4, -0.2) is 24.4 Å². The third kappa shape index (κ3) is 9.15. The van der Waals surface area contributed by atoms with E-state index < -0.39 is 34.4 Å². The van der Waals surface area contributed by atoms with E-state index in [0.717, 1.165) is 0 Å². The fraction of sp³-hybridized carbons (Fsp3) is 1.00. The molecule has 0 radical (unpaired) electrons. The van der Waals surface area contributed by atoms with Crippen LogP contribution in [-0.2, 0) is 10.1 Å². The van der Waals surface area contributed by atoms with Crippen molar-refractivity contribution < 1.29 is 34.9 Å². The fourth-order valence-corrected chi connectivity index (χ4v) is 1.89. The summed E-state index contributed by atoms with van der Waals surface area (Å²) in [6, 6.07) is 0. The highest BCUT2D eigenvalue weighted by Gasteiger charge is 2.42. The van der Waals surface area contributed by atoms with Crippen LogP contribution in [0.2, 0.25) is 0 Å². The second kappa shape index (κ2) is 7.37. The second-order valence-electron chi connectivity index (χ2n) is 4.35. The molecular formula is C10H17F5O3S. The SMILES string of the molecule is O=S(=O)(O)C(F)(F)CCCCCCCCC(F)(F)F. The predicted molar refractivity (Wildman–Crippen MR) is 59.5 cm³/mol. The van der Waals surface area contributed by atoms with Crippen molar-refractivity contribution in [1.29, 1.82) is 0 Å². The summed E-state index contributed by atoms with van der Waals surface area (Å²) in [5.74, 6) is 0. The van der Waals surface area contributed by atoms with E-state index in [1.54, 1.807) is 0 Å². The normalized spacial score (nSPS) is 13.8. The fourth-order valence-electron chi connectivity index (χ4n) is 1.49. The number of alkyl halides is 5. The Kier molecular flexibility index (Phi) is 7.20. The number of hydrogen-bond acceptors (Lipinski definition) is 2. The maximum absolute atomic E-state index is 12.7. The highest BCUT2D eigenvalue weighted by molar-refractivity contribution is 7.86. The molecule has 3 nitrogen and oxygen atoms in total. The minimum Gasteiger partial charge on any atom is -0.281 e. The molecule has 0 bridgehead atoms. The maximum atomic E-state index is 12.7. The molecule has 0 aromatic rings. The molecule has 0 heterocycles. The first-order valence-electron chi connectivity index (χ1n) is 5.87. The Balaban J connectivity index is 3.57. The van der Waals surface area contributed by atoms with Crippen LogP contribution in [0.1, 0.15) is 51.4 Å². The molecule has 0 aromatic heterocycles. The van der Waals surface area contributed by atoms with Gasteiger partial charge in [0.05, 0.1) is 0 Å². The van der Waals surface area contributed by atoms with Gasteiger partial charge in [-0.2, -0.15) is 30.4 Å². The number of rotatable bonds is 9. The van der Waals surface area contributed by atoms with E-state index in [9.17, 15) is 30.4 Å². The van der Waals surface area contributed by atoms with Crippen LogP contribution in [0.4, 0.5) is 22.0 Å². The van der Waals surface area contributed by atoms with E-state index in [1.807, 2.05) is 0 Å². The first-order valence-corrected chi connectivity index (χ1v) is 7.31. The molecule has 0 aromatic carbocycles. The van der Waals surface area contributed by atoms with Crippen LogP contribution in [0.25, 0.3) is 0 Å². The van der Waals surface area contributed by atoms with Crippen LogP contribution >= 0.6 is 0 Å². The van der Waals surface area contributed by atoms with Crippen molar-refractivity contribution in [2.24, 2.45) is 0 Å². The molecule has 0 saturated heterocycles. The smallest absolute Gasteiger partial charge is 0.281 e. The number of halogens is 5. The van der Waals surface area contributed by atoms with Crippen molar-refractivity contribution in [2.75, 3.05) is 0 Å². The summed E-state index contributed by atoms with van der Waals surface area (Å²) in [6.45, 7) is 0. The molecule has 0 aliphatic heterocycles. The first-order chi connectivity index (χ1) is 8.46. The summed E-state index contributed by atoms with van der Waals surface area (Å²) in [5, 5.41) is -4.15. The van der Waals surface area contributed by atoms with Crippen LogP contribution < -0.4 is 0 Å². The summed E-state index contributed by atoms with van der Waals surface area (Å²) in [7, 11) is -5.38. The lowest BCUT2D eigenvalue weighted by atomic mass is 10.1. The molecule has 0 aliphatic carbocycles. The van der Waals surface area contributed by atoms with Crippen molar-refractivity contribution >= 4 is 10.1 Å². The van der Waals surface area contributed by atoms with Crippen molar-refractivity contribution in [1.82, 2.24) is 0 Å². The van der Waals surface area contributed by atoms with Gasteiger partial charge in [-0.3, -0.25) is 4.55 Å². The highest BCUT2D eigenvalue weighted by atomic mass is 32.2. The van der Waals surface area contributed by atoms with Gasteiger partial charge in [0.15, 0.2) is 0 Å². The van der Waals surface area contributed by atoms with Gasteiger partial charge in [0.25, 0.3) is 0 Å². The van der Waals surface area contributed by atoms with Crippen LogP contribution in [0, 0.1) is 0 Å².